The van der Waals surface area contributed by atoms with Crippen LogP contribution >= 0.6 is 11.6 Å². The smallest absolute Gasteiger partial charge is 0.0712 e. The molecule has 0 spiro atoms. The van der Waals surface area contributed by atoms with E-state index in [9.17, 15) is 0 Å². The average Bonchev–Trinajstić information content (AvgIpc) is 2.49. The third-order valence-electron chi connectivity index (χ3n) is 4.75. The van der Waals surface area contributed by atoms with Crippen molar-refractivity contribution in [1.82, 2.24) is 9.80 Å². The van der Waals surface area contributed by atoms with Crippen molar-refractivity contribution < 1.29 is 0 Å². The van der Waals surface area contributed by atoms with E-state index in [1.807, 2.05) is 0 Å². The Labute approximate surface area is 127 Å². The first-order valence-corrected chi connectivity index (χ1v) is 8.33. The second-order valence-corrected chi connectivity index (χ2v) is 6.83. The number of rotatable bonds is 3. The molecule has 0 bridgehead atoms. The topological polar surface area (TPSA) is 6.48 Å². The van der Waals surface area contributed by atoms with Crippen LogP contribution in [0, 0.1) is 0 Å². The molecule has 0 amide bonds. The molecule has 2 nitrogen and oxygen atoms in total. The van der Waals surface area contributed by atoms with Crippen LogP contribution in [0.1, 0.15) is 34.9 Å². The molecule has 1 saturated heterocycles. The normalized spacial score (nSPS) is 22.5. The molecule has 20 heavy (non-hydrogen) atoms. The second-order valence-electron chi connectivity index (χ2n) is 6.31. The lowest BCUT2D eigenvalue weighted by molar-refractivity contribution is 0.154. The zero-order chi connectivity index (χ0) is 13.9. The Morgan fingerprint density at radius 1 is 1.05 bits per heavy atom. The van der Waals surface area contributed by atoms with Crippen LogP contribution in [0.5, 0.6) is 0 Å². The van der Waals surface area contributed by atoms with Gasteiger partial charge in [-0.25, -0.2) is 0 Å². The number of alkyl halides is 1. The molecule has 1 atom stereocenters. The van der Waals surface area contributed by atoms with Crippen molar-refractivity contribution in [2.24, 2.45) is 0 Å². The van der Waals surface area contributed by atoms with Gasteiger partial charge < -0.3 is 4.90 Å². The fraction of sp³-hybridized carbons (Fsp3) is 0.647. The standard InChI is InChI=1S/C17H25ClN2/c1-19-8-10-20(11-9-19)13-17(18)16-7-6-14-4-2-3-5-15(14)12-16/h6-7,12,17H,2-5,8-11,13H2,1H3. The highest BCUT2D eigenvalue weighted by molar-refractivity contribution is 6.21. The van der Waals surface area contributed by atoms with Crippen molar-refractivity contribution in [3.63, 3.8) is 0 Å². The Morgan fingerprint density at radius 3 is 2.50 bits per heavy atom. The number of halogens is 1. The first-order valence-electron chi connectivity index (χ1n) is 7.89. The van der Waals surface area contributed by atoms with E-state index in [-0.39, 0.29) is 5.38 Å². The van der Waals surface area contributed by atoms with E-state index in [2.05, 4.69) is 35.0 Å². The van der Waals surface area contributed by atoms with Gasteiger partial charge in [0, 0.05) is 32.7 Å². The molecule has 1 aliphatic heterocycles. The van der Waals surface area contributed by atoms with Gasteiger partial charge >= 0.3 is 0 Å². The van der Waals surface area contributed by atoms with Crippen LogP contribution in [0.15, 0.2) is 18.2 Å². The van der Waals surface area contributed by atoms with Crippen molar-refractivity contribution in [1.29, 1.82) is 0 Å². The minimum absolute atomic E-state index is 0.130. The highest BCUT2D eigenvalue weighted by Gasteiger charge is 2.19. The lowest BCUT2D eigenvalue weighted by Crippen LogP contribution is -2.45. The molecule has 3 heteroatoms. The van der Waals surface area contributed by atoms with E-state index in [0.29, 0.717) is 0 Å². The highest BCUT2D eigenvalue weighted by atomic mass is 35.5. The first kappa shape index (κ1) is 14.4. The number of hydrogen-bond donors (Lipinski definition) is 0. The van der Waals surface area contributed by atoms with E-state index in [1.165, 1.54) is 36.8 Å². The third kappa shape index (κ3) is 3.36. The quantitative estimate of drug-likeness (QED) is 0.790. The Bertz CT molecular complexity index is 452. The summed E-state index contributed by atoms with van der Waals surface area (Å²) < 4.78 is 0. The minimum atomic E-state index is 0.130. The van der Waals surface area contributed by atoms with E-state index in [1.54, 1.807) is 5.56 Å². The Hall–Kier alpha value is -0.570. The van der Waals surface area contributed by atoms with Gasteiger partial charge in [-0.15, -0.1) is 11.6 Å². The molecule has 1 aromatic rings. The molecular formula is C17H25ClN2. The summed E-state index contributed by atoms with van der Waals surface area (Å²) in [6, 6.07) is 6.92. The summed E-state index contributed by atoms with van der Waals surface area (Å²) in [4.78, 5) is 4.88. The molecule has 0 saturated carbocycles. The number of piperazine rings is 1. The van der Waals surface area contributed by atoms with Crippen molar-refractivity contribution in [2.75, 3.05) is 39.8 Å². The minimum Gasteiger partial charge on any atom is -0.304 e. The number of benzene rings is 1. The monoisotopic (exact) mass is 292 g/mol. The summed E-state index contributed by atoms with van der Waals surface area (Å²) in [5.74, 6) is 0. The van der Waals surface area contributed by atoms with Crippen molar-refractivity contribution in [3.05, 3.63) is 34.9 Å². The summed E-state index contributed by atoms with van der Waals surface area (Å²) in [7, 11) is 2.19. The summed E-state index contributed by atoms with van der Waals surface area (Å²) in [6.45, 7) is 5.59. The molecular weight excluding hydrogens is 268 g/mol. The SMILES string of the molecule is CN1CCN(CC(Cl)c2ccc3c(c2)CCCC3)CC1. The van der Waals surface area contributed by atoms with Gasteiger partial charge in [0.25, 0.3) is 0 Å². The van der Waals surface area contributed by atoms with Gasteiger partial charge in [-0.2, -0.15) is 0 Å². The Balaban J connectivity index is 1.63. The second kappa shape index (κ2) is 6.46. The molecule has 1 aromatic carbocycles. The lowest BCUT2D eigenvalue weighted by Gasteiger charge is -2.33. The molecule has 3 rings (SSSR count). The highest BCUT2D eigenvalue weighted by Crippen LogP contribution is 2.28. The number of hydrogen-bond acceptors (Lipinski definition) is 2. The maximum Gasteiger partial charge on any atom is 0.0712 e. The van der Waals surface area contributed by atoms with Crippen LogP contribution in [0.25, 0.3) is 0 Å². The predicted octanol–water partition coefficient (Wildman–Crippen LogP) is 3.09. The van der Waals surface area contributed by atoms with Crippen LogP contribution < -0.4 is 0 Å². The fourth-order valence-corrected chi connectivity index (χ4v) is 3.64. The van der Waals surface area contributed by atoms with Gasteiger partial charge in [-0.1, -0.05) is 18.2 Å². The molecule has 1 unspecified atom stereocenters. The van der Waals surface area contributed by atoms with Crippen molar-refractivity contribution >= 4 is 11.6 Å². The Morgan fingerprint density at radius 2 is 1.75 bits per heavy atom. The predicted molar refractivity (Wildman–Crippen MR) is 85.6 cm³/mol. The van der Waals surface area contributed by atoms with Gasteiger partial charge in [-0.05, 0) is 49.4 Å². The Kier molecular flexibility index (Phi) is 4.65. The van der Waals surface area contributed by atoms with Gasteiger partial charge in [-0.3, -0.25) is 4.90 Å². The van der Waals surface area contributed by atoms with Crippen LogP contribution in [0.2, 0.25) is 0 Å². The van der Waals surface area contributed by atoms with E-state index in [0.717, 1.165) is 32.7 Å². The molecule has 1 aliphatic carbocycles. The van der Waals surface area contributed by atoms with Gasteiger partial charge in [0.2, 0.25) is 0 Å². The van der Waals surface area contributed by atoms with Crippen LogP contribution in [-0.2, 0) is 12.8 Å². The summed E-state index contributed by atoms with van der Waals surface area (Å²) >= 11 is 6.66. The lowest BCUT2D eigenvalue weighted by atomic mass is 9.90. The third-order valence-corrected chi connectivity index (χ3v) is 5.14. The maximum absolute atomic E-state index is 6.66. The number of nitrogens with zero attached hydrogens (tertiary/aromatic N) is 2. The van der Waals surface area contributed by atoms with Crippen molar-refractivity contribution in [2.45, 2.75) is 31.1 Å². The van der Waals surface area contributed by atoms with Gasteiger partial charge in [0.1, 0.15) is 0 Å². The number of likely N-dealkylation sites (N-methyl/N-ethyl adjacent to an activating group) is 1. The van der Waals surface area contributed by atoms with Gasteiger partial charge in [0.05, 0.1) is 5.38 Å². The fourth-order valence-electron chi connectivity index (χ4n) is 3.31. The largest absolute Gasteiger partial charge is 0.304 e. The van der Waals surface area contributed by atoms with E-state index in [4.69, 9.17) is 11.6 Å². The van der Waals surface area contributed by atoms with Crippen LogP contribution in [-0.4, -0.2) is 49.6 Å². The number of aryl methyl sites for hydroxylation is 2. The van der Waals surface area contributed by atoms with E-state index >= 15 is 0 Å². The van der Waals surface area contributed by atoms with Crippen molar-refractivity contribution in [3.8, 4) is 0 Å². The van der Waals surface area contributed by atoms with Gasteiger partial charge in [0.15, 0.2) is 0 Å². The molecule has 0 aromatic heterocycles. The first-order chi connectivity index (χ1) is 9.72. The molecule has 110 valence electrons. The molecule has 0 radical (unpaired) electrons. The summed E-state index contributed by atoms with van der Waals surface area (Å²) in [5, 5.41) is 0.130. The molecule has 1 heterocycles. The molecule has 2 aliphatic rings. The van der Waals surface area contributed by atoms with Crippen LogP contribution in [0.4, 0.5) is 0 Å². The summed E-state index contributed by atoms with van der Waals surface area (Å²) in [6.07, 6.45) is 5.17. The van der Waals surface area contributed by atoms with E-state index < -0.39 is 0 Å². The zero-order valence-electron chi connectivity index (χ0n) is 12.4. The summed E-state index contributed by atoms with van der Waals surface area (Å²) in [5.41, 5.74) is 4.40. The number of fused-ring (bicyclic) bond motifs is 1. The molecule has 0 N–H and O–H groups in total. The van der Waals surface area contributed by atoms with Crippen LogP contribution in [0.3, 0.4) is 0 Å². The maximum atomic E-state index is 6.66. The zero-order valence-corrected chi connectivity index (χ0v) is 13.2. The molecule has 1 fully saturated rings. The average molecular weight is 293 g/mol.